The molecule has 6 nitrogen and oxygen atoms in total. The van der Waals surface area contributed by atoms with Crippen molar-refractivity contribution in [2.45, 2.75) is 13.5 Å². The number of nitrogens with one attached hydrogen (secondary N) is 1. The Morgan fingerprint density at radius 3 is 2.84 bits per heavy atom. The van der Waals surface area contributed by atoms with Gasteiger partial charge in [0.05, 0.1) is 16.6 Å². The molecule has 19 heavy (non-hydrogen) atoms. The van der Waals surface area contributed by atoms with Crippen molar-refractivity contribution in [3.8, 4) is 0 Å². The zero-order valence-corrected chi connectivity index (χ0v) is 11.2. The van der Waals surface area contributed by atoms with Gasteiger partial charge in [-0.25, -0.2) is 9.59 Å². The summed E-state index contributed by atoms with van der Waals surface area (Å²) in [6.07, 6.45) is 0. The Hall–Kier alpha value is -1.89. The molecule has 1 aromatic carbocycles. The Morgan fingerprint density at radius 1 is 1.47 bits per heavy atom. The number of aryl methyl sites for hydroxylation is 1. The SMILES string of the molecule is CCS(=O)CCn1c(=O)[nH]c2ccc(C(=O)O)cc21. The lowest BCUT2D eigenvalue weighted by Gasteiger charge is -2.03. The maximum atomic E-state index is 11.8. The fourth-order valence-electron chi connectivity index (χ4n) is 1.85. The predicted molar refractivity (Wildman–Crippen MR) is 73.1 cm³/mol. The molecular weight excluding hydrogens is 268 g/mol. The molecule has 0 amide bonds. The lowest BCUT2D eigenvalue weighted by Crippen LogP contribution is -2.20. The van der Waals surface area contributed by atoms with E-state index in [4.69, 9.17) is 5.11 Å². The van der Waals surface area contributed by atoms with Crippen molar-refractivity contribution in [1.82, 2.24) is 9.55 Å². The molecule has 102 valence electrons. The van der Waals surface area contributed by atoms with Gasteiger partial charge in [0.1, 0.15) is 0 Å². The fraction of sp³-hybridized carbons (Fsp3) is 0.333. The number of nitrogens with zero attached hydrogens (tertiary/aromatic N) is 1. The molecule has 0 bridgehead atoms. The highest BCUT2D eigenvalue weighted by atomic mass is 32.2. The van der Waals surface area contributed by atoms with Crippen LogP contribution in [0.1, 0.15) is 17.3 Å². The standard InChI is InChI=1S/C12H14N2O4S/c1-2-19(18)6-5-14-10-7-8(11(15)16)3-4-9(10)13-12(14)17/h3-4,7H,2,5-6H2,1H3,(H,13,17)(H,15,16). The molecular formula is C12H14N2O4S. The number of rotatable bonds is 5. The van der Waals surface area contributed by atoms with Crippen LogP contribution in [0, 0.1) is 0 Å². The van der Waals surface area contributed by atoms with E-state index in [0.717, 1.165) is 0 Å². The van der Waals surface area contributed by atoms with Crippen LogP contribution in [0.15, 0.2) is 23.0 Å². The molecule has 0 radical (unpaired) electrons. The van der Waals surface area contributed by atoms with Crippen molar-refractivity contribution in [2.24, 2.45) is 0 Å². The van der Waals surface area contributed by atoms with Gasteiger partial charge in [0.15, 0.2) is 0 Å². The smallest absolute Gasteiger partial charge is 0.335 e. The monoisotopic (exact) mass is 282 g/mol. The first-order valence-electron chi connectivity index (χ1n) is 5.83. The molecule has 1 aromatic heterocycles. The Labute approximate surface area is 111 Å². The van der Waals surface area contributed by atoms with Gasteiger partial charge >= 0.3 is 11.7 Å². The summed E-state index contributed by atoms with van der Waals surface area (Å²) in [5, 5.41) is 8.95. The molecule has 0 aliphatic carbocycles. The Kier molecular flexibility index (Phi) is 3.84. The first-order valence-corrected chi connectivity index (χ1v) is 7.32. The number of benzene rings is 1. The highest BCUT2D eigenvalue weighted by molar-refractivity contribution is 7.84. The first kappa shape index (κ1) is 13.5. The summed E-state index contributed by atoms with van der Waals surface area (Å²) in [4.78, 5) is 25.4. The van der Waals surface area contributed by atoms with Crippen molar-refractivity contribution >= 4 is 27.8 Å². The molecule has 1 heterocycles. The zero-order valence-electron chi connectivity index (χ0n) is 10.4. The third-order valence-corrected chi connectivity index (χ3v) is 4.17. The molecule has 2 aromatic rings. The van der Waals surface area contributed by atoms with Crippen LogP contribution in [-0.4, -0.2) is 36.3 Å². The number of imidazole rings is 1. The van der Waals surface area contributed by atoms with E-state index in [-0.39, 0.29) is 11.3 Å². The number of hydrogen-bond donors (Lipinski definition) is 2. The van der Waals surface area contributed by atoms with Gasteiger partial charge in [-0.1, -0.05) is 6.92 Å². The summed E-state index contributed by atoms with van der Waals surface area (Å²) < 4.78 is 12.8. The lowest BCUT2D eigenvalue weighted by molar-refractivity contribution is 0.0697. The summed E-state index contributed by atoms with van der Waals surface area (Å²) in [5.74, 6) is -0.128. The molecule has 0 saturated heterocycles. The maximum Gasteiger partial charge on any atom is 0.335 e. The molecule has 0 aliphatic heterocycles. The molecule has 2 N–H and O–H groups in total. The van der Waals surface area contributed by atoms with Crippen molar-refractivity contribution in [2.75, 3.05) is 11.5 Å². The van der Waals surface area contributed by atoms with E-state index in [1.807, 2.05) is 6.92 Å². The van der Waals surface area contributed by atoms with Crippen molar-refractivity contribution < 1.29 is 14.1 Å². The van der Waals surface area contributed by atoms with E-state index in [1.165, 1.54) is 16.7 Å². The first-order chi connectivity index (χ1) is 9.02. The summed E-state index contributed by atoms with van der Waals surface area (Å²) in [6, 6.07) is 4.45. The second kappa shape index (κ2) is 5.40. The number of aromatic carboxylic acids is 1. The van der Waals surface area contributed by atoms with Crippen LogP contribution < -0.4 is 5.69 Å². The number of fused-ring (bicyclic) bond motifs is 1. The van der Waals surface area contributed by atoms with E-state index >= 15 is 0 Å². The van der Waals surface area contributed by atoms with Gasteiger partial charge in [0, 0.05) is 28.9 Å². The number of carboxylic acids is 1. The van der Waals surface area contributed by atoms with Crippen molar-refractivity contribution in [1.29, 1.82) is 0 Å². The van der Waals surface area contributed by atoms with Gasteiger partial charge in [-0.2, -0.15) is 0 Å². The average molecular weight is 282 g/mol. The van der Waals surface area contributed by atoms with Gasteiger partial charge < -0.3 is 10.1 Å². The average Bonchev–Trinajstić information content (AvgIpc) is 2.70. The lowest BCUT2D eigenvalue weighted by atomic mass is 10.2. The van der Waals surface area contributed by atoms with Crippen LogP contribution in [0.3, 0.4) is 0 Å². The second-order valence-corrected chi connectivity index (χ2v) is 5.92. The number of carboxylic acid groups (broad SMARTS) is 1. The largest absolute Gasteiger partial charge is 0.478 e. The molecule has 0 spiro atoms. The van der Waals surface area contributed by atoms with Gasteiger partial charge in [-0.15, -0.1) is 0 Å². The van der Waals surface area contributed by atoms with E-state index in [2.05, 4.69) is 4.98 Å². The minimum atomic E-state index is -1.04. The van der Waals surface area contributed by atoms with Crippen molar-refractivity contribution in [3.05, 3.63) is 34.2 Å². The van der Waals surface area contributed by atoms with Gasteiger partial charge in [0.2, 0.25) is 0 Å². The molecule has 0 saturated carbocycles. The maximum absolute atomic E-state index is 11.8. The van der Waals surface area contributed by atoms with Crippen molar-refractivity contribution in [3.63, 3.8) is 0 Å². The van der Waals surface area contributed by atoms with E-state index in [0.29, 0.717) is 29.1 Å². The minimum Gasteiger partial charge on any atom is -0.478 e. The minimum absolute atomic E-state index is 0.122. The third-order valence-electron chi connectivity index (χ3n) is 2.89. The molecule has 1 unspecified atom stereocenters. The summed E-state index contributed by atoms with van der Waals surface area (Å²) in [6.45, 7) is 2.12. The van der Waals surface area contributed by atoms with E-state index in [9.17, 15) is 13.8 Å². The predicted octanol–water partition coefficient (Wildman–Crippen LogP) is 0.796. The highest BCUT2D eigenvalue weighted by Gasteiger charge is 2.10. The Balaban J connectivity index is 2.44. The van der Waals surface area contributed by atoms with Crippen LogP contribution >= 0.6 is 0 Å². The normalized spacial score (nSPS) is 12.7. The topological polar surface area (TPSA) is 92.2 Å². The molecule has 0 fully saturated rings. The van der Waals surface area contributed by atoms with E-state index < -0.39 is 16.8 Å². The number of H-pyrrole nitrogens is 1. The quantitative estimate of drug-likeness (QED) is 0.848. The van der Waals surface area contributed by atoms with Gasteiger partial charge in [-0.05, 0) is 18.2 Å². The van der Waals surface area contributed by atoms with Crippen LogP contribution in [0.5, 0.6) is 0 Å². The van der Waals surface area contributed by atoms with E-state index in [1.54, 1.807) is 6.07 Å². The summed E-state index contributed by atoms with van der Waals surface area (Å²) in [5.41, 5.74) is 0.915. The number of carbonyl (C=O) groups is 1. The van der Waals surface area contributed by atoms with Crippen LogP contribution in [-0.2, 0) is 17.3 Å². The fourth-order valence-corrected chi connectivity index (χ4v) is 2.52. The van der Waals surface area contributed by atoms with Gasteiger partial charge in [0.25, 0.3) is 0 Å². The molecule has 0 aliphatic rings. The summed E-state index contributed by atoms with van der Waals surface area (Å²) >= 11 is 0. The number of aromatic nitrogens is 2. The number of aromatic amines is 1. The van der Waals surface area contributed by atoms with Crippen LogP contribution in [0.2, 0.25) is 0 Å². The molecule has 7 heteroatoms. The van der Waals surface area contributed by atoms with Crippen LogP contribution in [0.4, 0.5) is 0 Å². The summed E-state index contributed by atoms with van der Waals surface area (Å²) in [7, 11) is -0.967. The zero-order chi connectivity index (χ0) is 14.0. The second-order valence-electron chi connectivity index (χ2n) is 4.05. The van der Waals surface area contributed by atoms with Gasteiger partial charge in [-0.3, -0.25) is 8.78 Å². The molecule has 1 atom stereocenters. The Bertz CT molecular complexity index is 701. The Morgan fingerprint density at radius 2 is 2.21 bits per heavy atom. The number of hydrogen-bond acceptors (Lipinski definition) is 3. The highest BCUT2D eigenvalue weighted by Crippen LogP contribution is 2.13. The third kappa shape index (κ3) is 2.76. The molecule has 2 rings (SSSR count). The van der Waals surface area contributed by atoms with Crippen LogP contribution in [0.25, 0.3) is 11.0 Å².